The highest BCUT2D eigenvalue weighted by Crippen LogP contribution is 2.21. The van der Waals surface area contributed by atoms with Crippen molar-refractivity contribution in [2.75, 3.05) is 17.3 Å². The van der Waals surface area contributed by atoms with Gasteiger partial charge in [-0.1, -0.05) is 39.8 Å². The van der Waals surface area contributed by atoms with E-state index in [4.69, 9.17) is 0 Å². The lowest BCUT2D eigenvalue weighted by Crippen LogP contribution is -1.96. The third-order valence-corrected chi connectivity index (χ3v) is 4.12. The van der Waals surface area contributed by atoms with Gasteiger partial charge in [0.05, 0.1) is 0 Å². The summed E-state index contributed by atoms with van der Waals surface area (Å²) in [6, 6.07) is 0. The molecule has 1 nitrogen and oxygen atoms in total. The van der Waals surface area contributed by atoms with Crippen molar-refractivity contribution in [3.63, 3.8) is 0 Å². The predicted molar refractivity (Wildman–Crippen MR) is 67.5 cm³/mol. The minimum atomic E-state index is -0.775. The van der Waals surface area contributed by atoms with Gasteiger partial charge in [0.25, 0.3) is 0 Å². The molecule has 0 N–H and O–H groups in total. The maximum atomic E-state index is 11.1. The molecule has 0 spiro atoms. The zero-order chi connectivity index (χ0) is 9.94. The maximum Gasteiger partial charge on any atom is 0.0426 e. The molecule has 0 bridgehead atoms. The van der Waals surface area contributed by atoms with Gasteiger partial charge in [-0.2, -0.15) is 0 Å². The summed E-state index contributed by atoms with van der Waals surface area (Å²) in [5.74, 6) is 2.13. The van der Waals surface area contributed by atoms with E-state index in [2.05, 4.69) is 13.2 Å². The first-order valence-corrected chi connectivity index (χ1v) is 7.68. The van der Waals surface area contributed by atoms with Crippen LogP contribution < -0.4 is 0 Å². The molecule has 0 rings (SSSR count). The minimum absolute atomic E-state index is 0.578. The van der Waals surface area contributed by atoms with Crippen LogP contribution in [0.2, 0.25) is 0 Å². The van der Waals surface area contributed by atoms with Crippen LogP contribution in [0, 0.1) is 0 Å². The van der Waals surface area contributed by atoms with Crippen LogP contribution in [-0.4, -0.2) is 21.5 Å². The Morgan fingerprint density at radius 3 is 2.62 bits per heavy atom. The summed E-state index contributed by atoms with van der Waals surface area (Å²) < 4.78 is 11.1. The summed E-state index contributed by atoms with van der Waals surface area (Å²) in [5, 5.41) is 1.97. The molecule has 13 heavy (non-hydrogen) atoms. The summed E-state index contributed by atoms with van der Waals surface area (Å²) in [6.45, 7) is 7.14. The molecule has 0 saturated heterocycles. The highest BCUT2D eigenvalue weighted by atomic mass is 33.1. The zero-order valence-electron chi connectivity index (χ0n) is 7.48. The molecule has 0 aromatic heterocycles. The van der Waals surface area contributed by atoms with Gasteiger partial charge in [-0.05, 0) is 5.41 Å². The van der Waals surface area contributed by atoms with Gasteiger partial charge in [-0.25, -0.2) is 0 Å². The lowest BCUT2D eigenvalue weighted by molar-refractivity contribution is 0.687. The molecule has 0 aromatic rings. The fraction of sp³-hybridized carbons (Fsp3) is 0.333. The number of rotatable bonds is 8. The van der Waals surface area contributed by atoms with Crippen molar-refractivity contribution in [2.45, 2.75) is 0 Å². The van der Waals surface area contributed by atoms with E-state index in [0.717, 1.165) is 5.75 Å². The smallest absolute Gasteiger partial charge is 0.0426 e. The van der Waals surface area contributed by atoms with E-state index in [0.29, 0.717) is 11.5 Å². The summed E-state index contributed by atoms with van der Waals surface area (Å²) in [7, 11) is 2.58. The molecule has 0 aromatic carbocycles. The van der Waals surface area contributed by atoms with Crippen LogP contribution in [0.1, 0.15) is 0 Å². The van der Waals surface area contributed by atoms with Crippen molar-refractivity contribution < 1.29 is 4.21 Å². The van der Waals surface area contributed by atoms with Gasteiger partial charge >= 0.3 is 0 Å². The topological polar surface area (TPSA) is 17.1 Å². The molecule has 0 fully saturated rings. The van der Waals surface area contributed by atoms with E-state index in [-0.39, 0.29) is 0 Å². The van der Waals surface area contributed by atoms with Gasteiger partial charge in [0.1, 0.15) is 0 Å². The summed E-state index contributed by atoms with van der Waals surface area (Å²) in [5.41, 5.74) is 0. The van der Waals surface area contributed by atoms with Gasteiger partial charge < -0.3 is 0 Å². The van der Waals surface area contributed by atoms with Crippen molar-refractivity contribution in [3.8, 4) is 0 Å². The SMILES string of the molecule is C=CCSS/C=C\C[S@](=O)CC=C. The normalized spacial score (nSPS) is 12.9. The lowest BCUT2D eigenvalue weighted by Gasteiger charge is -1.91. The largest absolute Gasteiger partial charge is 0.259 e. The van der Waals surface area contributed by atoms with E-state index < -0.39 is 10.8 Å². The molecule has 1 atom stereocenters. The second-order valence-corrected chi connectivity index (χ2v) is 5.97. The standard InChI is InChI=1S/C9H14OS3/c1-3-6-11-12-7-5-9-13(10)8-4-2/h3-5,7H,1-2,6,8-9H2/b7-5-/t13-/m1/s1. The molecule has 74 valence electrons. The average molecular weight is 234 g/mol. The van der Waals surface area contributed by atoms with Crippen LogP contribution in [-0.2, 0) is 10.8 Å². The van der Waals surface area contributed by atoms with Crippen molar-refractivity contribution in [3.05, 3.63) is 36.8 Å². The van der Waals surface area contributed by atoms with Crippen LogP contribution in [0.3, 0.4) is 0 Å². The summed E-state index contributed by atoms with van der Waals surface area (Å²) in [6.07, 6.45) is 5.48. The van der Waals surface area contributed by atoms with E-state index >= 15 is 0 Å². The first kappa shape index (κ1) is 13.1. The number of hydrogen-bond acceptors (Lipinski definition) is 3. The molecule has 0 aliphatic carbocycles. The Balaban J connectivity index is 3.34. The van der Waals surface area contributed by atoms with E-state index in [1.54, 1.807) is 27.7 Å². The third-order valence-electron chi connectivity index (χ3n) is 0.992. The van der Waals surface area contributed by atoms with Crippen LogP contribution in [0.25, 0.3) is 0 Å². The molecule has 0 unspecified atom stereocenters. The average Bonchev–Trinajstić information content (AvgIpc) is 2.11. The van der Waals surface area contributed by atoms with Crippen LogP contribution >= 0.6 is 21.6 Å². The van der Waals surface area contributed by atoms with Crippen molar-refractivity contribution in [1.29, 1.82) is 0 Å². The fourth-order valence-electron chi connectivity index (χ4n) is 0.512. The van der Waals surface area contributed by atoms with Gasteiger partial charge in [-0.3, -0.25) is 4.21 Å². The van der Waals surface area contributed by atoms with Crippen LogP contribution in [0.15, 0.2) is 36.8 Å². The van der Waals surface area contributed by atoms with Crippen molar-refractivity contribution in [2.24, 2.45) is 0 Å². The molecule has 0 radical (unpaired) electrons. The summed E-state index contributed by atoms with van der Waals surface area (Å²) in [4.78, 5) is 0. The maximum absolute atomic E-state index is 11.1. The van der Waals surface area contributed by atoms with Gasteiger partial charge in [-0.15, -0.1) is 13.2 Å². The molecule has 0 amide bonds. The van der Waals surface area contributed by atoms with Gasteiger partial charge in [0.15, 0.2) is 0 Å². The Hall–Kier alpha value is 0.0700. The second-order valence-electron chi connectivity index (χ2n) is 2.10. The van der Waals surface area contributed by atoms with E-state index in [9.17, 15) is 4.21 Å². The van der Waals surface area contributed by atoms with Crippen molar-refractivity contribution in [1.82, 2.24) is 0 Å². The van der Waals surface area contributed by atoms with Gasteiger partial charge in [0, 0.05) is 28.1 Å². The molecule has 0 heterocycles. The monoisotopic (exact) mass is 234 g/mol. The predicted octanol–water partition coefficient (Wildman–Crippen LogP) is 3.00. The summed E-state index contributed by atoms with van der Waals surface area (Å²) >= 11 is 0. The minimum Gasteiger partial charge on any atom is -0.259 e. The van der Waals surface area contributed by atoms with Gasteiger partial charge in [0.2, 0.25) is 0 Å². The highest BCUT2D eigenvalue weighted by Gasteiger charge is 1.90. The Morgan fingerprint density at radius 1 is 1.23 bits per heavy atom. The number of hydrogen-bond donors (Lipinski definition) is 0. The first-order valence-electron chi connectivity index (χ1n) is 3.81. The highest BCUT2D eigenvalue weighted by molar-refractivity contribution is 8.77. The first-order chi connectivity index (χ1) is 6.31. The molecule has 4 heteroatoms. The van der Waals surface area contributed by atoms with Crippen LogP contribution in [0.5, 0.6) is 0 Å². The second kappa shape index (κ2) is 10.2. The zero-order valence-corrected chi connectivity index (χ0v) is 9.93. The van der Waals surface area contributed by atoms with Crippen molar-refractivity contribution >= 4 is 32.4 Å². The molecular formula is C9H14OS3. The Bertz CT molecular complexity index is 199. The Labute approximate surface area is 90.6 Å². The molecule has 0 aliphatic rings. The van der Waals surface area contributed by atoms with E-state index in [1.807, 2.05) is 17.6 Å². The van der Waals surface area contributed by atoms with Crippen LogP contribution in [0.4, 0.5) is 0 Å². The molecule has 0 aliphatic heterocycles. The third kappa shape index (κ3) is 9.99. The quantitative estimate of drug-likeness (QED) is 0.365. The lowest BCUT2D eigenvalue weighted by atomic mass is 10.8. The fourth-order valence-corrected chi connectivity index (χ4v) is 2.77. The Morgan fingerprint density at radius 2 is 2.00 bits per heavy atom. The molecular weight excluding hydrogens is 220 g/mol. The molecule has 0 saturated carbocycles. The van der Waals surface area contributed by atoms with E-state index in [1.165, 1.54) is 0 Å². The Kier molecular flexibility index (Phi) is 10.2.